The molecule has 20 nitrogen and oxygen atoms in total. The maximum atomic E-state index is 11.9. The van der Waals surface area contributed by atoms with Gasteiger partial charge in [-0.3, -0.25) is 9.59 Å². The quantitative estimate of drug-likeness (QED) is 0.127. The highest BCUT2D eigenvalue weighted by Crippen LogP contribution is 2.07. The molecule has 0 spiro atoms. The van der Waals surface area contributed by atoms with E-state index in [4.69, 9.17) is 0 Å². The van der Waals surface area contributed by atoms with E-state index in [1.54, 1.807) is 13.8 Å². The molecular formula is C17H26N14O6. The fraction of sp³-hybridized carbons (Fsp3) is 0.647. The van der Waals surface area contributed by atoms with Gasteiger partial charge in [-0.15, -0.1) is 0 Å². The number of hydrazone groups is 2. The highest BCUT2D eigenvalue weighted by molar-refractivity contribution is 5.84. The van der Waals surface area contributed by atoms with E-state index >= 15 is 0 Å². The van der Waals surface area contributed by atoms with E-state index in [2.05, 4.69) is 51.9 Å². The van der Waals surface area contributed by atoms with Gasteiger partial charge in [0, 0.05) is 23.3 Å². The Balaban J connectivity index is 1.51. The number of carbonyl (C=O) groups excluding carboxylic acids is 2. The summed E-state index contributed by atoms with van der Waals surface area (Å²) in [5.41, 5.74) is 5.71. The van der Waals surface area contributed by atoms with E-state index in [1.165, 1.54) is 0 Å². The average Bonchev–Trinajstić information content (AvgIpc) is 3.51. The zero-order valence-electron chi connectivity index (χ0n) is 20.2. The average molecular weight is 522 g/mol. The van der Waals surface area contributed by atoms with E-state index in [1.807, 2.05) is 0 Å². The van der Waals surface area contributed by atoms with Gasteiger partial charge < -0.3 is 20.2 Å². The van der Waals surface area contributed by atoms with Crippen molar-refractivity contribution in [3.05, 3.63) is 20.2 Å². The Morgan fingerprint density at radius 3 is 1.49 bits per heavy atom. The lowest BCUT2D eigenvalue weighted by Gasteiger charge is -2.03. The van der Waals surface area contributed by atoms with Crippen molar-refractivity contribution in [1.29, 1.82) is 0 Å². The number of hydrogen-bond acceptors (Lipinski definition) is 14. The zero-order chi connectivity index (χ0) is 27.2. The van der Waals surface area contributed by atoms with Crippen molar-refractivity contribution in [2.45, 2.75) is 71.9 Å². The summed E-state index contributed by atoms with van der Waals surface area (Å²) in [4.78, 5) is 45.3. The molecule has 0 radical (unpaired) electrons. The molecule has 0 aliphatic rings. The molecule has 37 heavy (non-hydrogen) atoms. The van der Waals surface area contributed by atoms with Crippen LogP contribution in [0.4, 0.5) is 11.9 Å². The van der Waals surface area contributed by atoms with Crippen molar-refractivity contribution in [3.8, 4) is 0 Å². The summed E-state index contributed by atoms with van der Waals surface area (Å²) in [6.07, 6.45) is 4.32. The van der Waals surface area contributed by atoms with Crippen LogP contribution in [-0.2, 0) is 22.7 Å². The third kappa shape index (κ3) is 11.0. The number of carbonyl (C=O) groups is 2. The second-order valence-electron chi connectivity index (χ2n) is 7.79. The monoisotopic (exact) mass is 522 g/mol. The number of tetrazole rings is 2. The van der Waals surface area contributed by atoms with Crippen LogP contribution < -0.4 is 10.9 Å². The minimum atomic E-state index is -0.760. The molecule has 0 bridgehead atoms. The Hall–Kier alpha value is -4.78. The summed E-state index contributed by atoms with van der Waals surface area (Å²) in [5.74, 6) is -1.76. The number of rotatable bonds is 16. The van der Waals surface area contributed by atoms with Gasteiger partial charge in [-0.2, -0.15) is 10.2 Å². The number of nitrogens with zero attached hydrogens (tertiary/aromatic N) is 12. The number of aromatic nitrogens is 8. The Morgan fingerprint density at radius 2 is 1.14 bits per heavy atom. The Labute approximate surface area is 208 Å². The lowest BCUT2D eigenvalue weighted by Crippen LogP contribution is -2.21. The maximum Gasteiger partial charge on any atom is 0.514 e. The first-order chi connectivity index (χ1) is 17.6. The lowest BCUT2D eigenvalue weighted by atomic mass is 10.1. The van der Waals surface area contributed by atoms with Crippen LogP contribution in [0.15, 0.2) is 10.2 Å². The summed E-state index contributed by atoms with van der Waals surface area (Å²) in [6.45, 7) is 3.31. The van der Waals surface area contributed by atoms with E-state index in [9.17, 15) is 29.8 Å². The summed E-state index contributed by atoms with van der Waals surface area (Å²) in [5, 5.41) is 49.6. The second kappa shape index (κ2) is 14.6. The zero-order valence-corrected chi connectivity index (χ0v) is 20.2. The molecule has 0 fully saturated rings. The molecule has 0 aromatic carbocycles. The Morgan fingerprint density at radius 1 is 0.757 bits per heavy atom. The summed E-state index contributed by atoms with van der Waals surface area (Å²) < 4.78 is 0. The van der Waals surface area contributed by atoms with Crippen LogP contribution in [-0.4, -0.2) is 73.5 Å². The van der Waals surface area contributed by atoms with Crippen LogP contribution in [0.2, 0.25) is 0 Å². The molecule has 0 atom stereocenters. The molecule has 0 aliphatic heterocycles. The molecular weight excluding hydrogens is 496 g/mol. The van der Waals surface area contributed by atoms with Crippen molar-refractivity contribution in [2.75, 3.05) is 0 Å². The highest BCUT2D eigenvalue weighted by atomic mass is 16.6. The molecule has 2 heterocycles. The predicted molar refractivity (Wildman–Crippen MR) is 124 cm³/mol. The van der Waals surface area contributed by atoms with Crippen LogP contribution in [0.25, 0.3) is 0 Å². The molecule has 2 N–H and O–H groups in total. The molecule has 2 aromatic heterocycles. The third-order valence-corrected chi connectivity index (χ3v) is 4.50. The number of amides is 2. The smallest absolute Gasteiger partial charge is 0.390 e. The van der Waals surface area contributed by atoms with Crippen LogP contribution in [0.3, 0.4) is 0 Å². The van der Waals surface area contributed by atoms with Crippen LogP contribution in [0.1, 0.15) is 58.8 Å². The molecule has 20 heteroatoms. The van der Waals surface area contributed by atoms with Gasteiger partial charge in [0.25, 0.3) is 0 Å². The SMILES string of the molecule is C/C(Cn1nnc([N+](=O)[O-])n1)=N/NC(=O)CCCCCCCC(=O)N/N=C(/C)Cn1nnc([N+](=O)[O-])n1. The van der Waals surface area contributed by atoms with Gasteiger partial charge in [0.2, 0.25) is 11.8 Å². The Bertz CT molecular complexity index is 1070. The second-order valence-corrected chi connectivity index (χ2v) is 7.79. The standard InChI is InChI=1S/C17H26N14O6/c1-12(10-28-24-16(22-26-28)30(34)35)18-20-14(32)8-6-4-3-5-7-9-15(33)21-19-13(2)11-29-25-17(23-27-29)31(36)37/h3-11H2,1-2H3,(H,20,32)(H,21,33)/b18-12-,19-13-. The largest absolute Gasteiger partial charge is 0.514 e. The molecule has 0 saturated carbocycles. The summed E-state index contributed by atoms with van der Waals surface area (Å²) >= 11 is 0. The van der Waals surface area contributed by atoms with Crippen molar-refractivity contribution in [2.24, 2.45) is 10.2 Å². The molecule has 2 amide bonds. The molecule has 2 rings (SSSR count). The van der Waals surface area contributed by atoms with Crippen LogP contribution in [0, 0.1) is 20.2 Å². The molecule has 0 saturated heterocycles. The Kier molecular flexibility index (Phi) is 11.2. The highest BCUT2D eigenvalue weighted by Gasteiger charge is 2.16. The maximum absolute atomic E-state index is 11.9. The van der Waals surface area contributed by atoms with Crippen molar-refractivity contribution in [1.82, 2.24) is 51.3 Å². The first kappa shape index (κ1) is 28.5. The summed E-state index contributed by atoms with van der Waals surface area (Å²) in [7, 11) is 0. The van der Waals surface area contributed by atoms with E-state index < -0.39 is 21.7 Å². The first-order valence-electron chi connectivity index (χ1n) is 11.1. The van der Waals surface area contributed by atoms with Gasteiger partial charge in [-0.05, 0) is 36.5 Å². The van der Waals surface area contributed by atoms with Crippen LogP contribution in [0.5, 0.6) is 0 Å². The van der Waals surface area contributed by atoms with Gasteiger partial charge in [-0.25, -0.2) is 10.9 Å². The van der Waals surface area contributed by atoms with Crippen molar-refractivity contribution >= 4 is 35.1 Å². The van der Waals surface area contributed by atoms with Crippen molar-refractivity contribution < 1.29 is 19.4 Å². The topological polar surface area (TPSA) is 256 Å². The van der Waals surface area contributed by atoms with Gasteiger partial charge in [0.05, 0.1) is 31.8 Å². The molecule has 0 aliphatic carbocycles. The normalized spacial score (nSPS) is 11.8. The number of nitro groups is 2. The first-order valence-corrected chi connectivity index (χ1v) is 11.1. The van der Waals surface area contributed by atoms with Crippen LogP contribution >= 0.6 is 0 Å². The molecule has 2 aromatic rings. The fourth-order valence-electron chi connectivity index (χ4n) is 2.76. The fourth-order valence-corrected chi connectivity index (χ4v) is 2.76. The minimum absolute atomic E-state index is 0.0450. The van der Waals surface area contributed by atoms with Crippen molar-refractivity contribution in [3.63, 3.8) is 0 Å². The number of hydrogen-bond donors (Lipinski definition) is 2. The molecule has 0 unspecified atom stereocenters. The lowest BCUT2D eigenvalue weighted by molar-refractivity contribution is -0.394. The van der Waals surface area contributed by atoms with Gasteiger partial charge in [0.15, 0.2) is 0 Å². The summed E-state index contributed by atoms with van der Waals surface area (Å²) in [6, 6.07) is 0. The van der Waals surface area contributed by atoms with Gasteiger partial charge >= 0.3 is 11.9 Å². The van der Waals surface area contributed by atoms with E-state index in [0.717, 1.165) is 28.9 Å². The van der Waals surface area contributed by atoms with E-state index in [0.29, 0.717) is 24.3 Å². The predicted octanol–water partition coefficient (Wildman–Crippen LogP) is -0.109. The third-order valence-electron chi connectivity index (χ3n) is 4.50. The number of nitrogens with one attached hydrogen (secondary N) is 2. The van der Waals surface area contributed by atoms with E-state index in [-0.39, 0.29) is 37.7 Å². The number of unbranched alkanes of at least 4 members (excludes halogenated alkanes) is 4. The molecule has 200 valence electrons. The minimum Gasteiger partial charge on any atom is -0.390 e. The van der Waals surface area contributed by atoms with Gasteiger partial charge in [-0.1, -0.05) is 28.9 Å². The van der Waals surface area contributed by atoms with Gasteiger partial charge in [0.1, 0.15) is 13.1 Å².